The Hall–Kier alpha value is -3.92. The highest BCUT2D eigenvalue weighted by molar-refractivity contribution is 7.98. The van der Waals surface area contributed by atoms with Crippen LogP contribution in [-0.2, 0) is 4.79 Å². The second-order valence-electron chi connectivity index (χ2n) is 7.84. The number of hydrogen-bond donors (Lipinski definition) is 2. The van der Waals surface area contributed by atoms with E-state index in [1.807, 2.05) is 38.3 Å². The third-order valence-corrected chi connectivity index (χ3v) is 5.90. The lowest BCUT2D eigenvalue weighted by molar-refractivity contribution is -0.384. The lowest BCUT2D eigenvalue weighted by Gasteiger charge is -2.18. The summed E-state index contributed by atoms with van der Waals surface area (Å²) in [7, 11) is 0. The molecule has 0 fully saturated rings. The van der Waals surface area contributed by atoms with Crippen LogP contribution >= 0.6 is 11.8 Å². The third kappa shape index (κ3) is 7.28. The molecule has 9 nitrogen and oxygen atoms in total. The number of ether oxygens (including phenoxy) is 1. The molecule has 0 bridgehead atoms. The molecule has 0 aliphatic heterocycles. The Morgan fingerprint density at radius 3 is 2.57 bits per heavy atom. The minimum absolute atomic E-state index is 0.107. The average Bonchev–Trinajstić information content (AvgIpc) is 2.85. The van der Waals surface area contributed by atoms with Crippen LogP contribution in [0.15, 0.2) is 60.8 Å². The van der Waals surface area contributed by atoms with E-state index in [1.54, 1.807) is 12.1 Å². The first-order valence-corrected chi connectivity index (χ1v) is 12.2. The molecule has 0 spiro atoms. The molecule has 3 aromatic rings. The highest BCUT2D eigenvalue weighted by atomic mass is 32.2. The molecule has 0 saturated heterocycles. The number of carbonyl (C=O) groups excluding carboxylic acids is 2. The smallest absolute Gasteiger partial charge is 0.270 e. The highest BCUT2D eigenvalue weighted by Gasteiger charge is 2.22. The Labute approximate surface area is 207 Å². The van der Waals surface area contributed by atoms with Crippen LogP contribution in [0.4, 0.5) is 11.4 Å². The van der Waals surface area contributed by atoms with Gasteiger partial charge >= 0.3 is 0 Å². The van der Waals surface area contributed by atoms with Crippen LogP contribution < -0.4 is 15.4 Å². The molecule has 2 aromatic carbocycles. The Bertz CT molecular complexity index is 1220. The number of nitrogens with one attached hydrogen (secondary N) is 2. The number of pyridine rings is 1. The fourth-order valence-corrected chi connectivity index (χ4v) is 3.62. The summed E-state index contributed by atoms with van der Waals surface area (Å²) in [6.07, 6.45) is 3.76. The zero-order valence-electron chi connectivity index (χ0n) is 19.6. The van der Waals surface area contributed by atoms with Crippen molar-refractivity contribution in [3.63, 3.8) is 0 Å². The van der Waals surface area contributed by atoms with Gasteiger partial charge in [0.25, 0.3) is 11.6 Å². The largest absolute Gasteiger partial charge is 0.439 e. The molecule has 2 N–H and O–H groups in total. The standard InChI is InChI=1S/C25H26N4O5S/c1-16-7-9-21(13-17(16)2)34-23-10-8-19(15-26-23)27-25(31)22(11-12-35-3)28-24(30)18-5-4-6-20(14-18)29(32)33/h4-10,13-15,22H,11-12H2,1-3H3,(H,27,31)(H,28,30). The molecular weight excluding hydrogens is 468 g/mol. The Morgan fingerprint density at radius 2 is 1.91 bits per heavy atom. The zero-order valence-corrected chi connectivity index (χ0v) is 20.4. The van der Waals surface area contributed by atoms with Crippen molar-refractivity contribution in [1.29, 1.82) is 0 Å². The summed E-state index contributed by atoms with van der Waals surface area (Å²) in [5.74, 6) is 0.698. The van der Waals surface area contributed by atoms with Crippen LogP contribution in [-0.4, -0.2) is 39.8 Å². The number of rotatable bonds is 10. The molecule has 0 saturated carbocycles. The molecule has 1 heterocycles. The summed E-state index contributed by atoms with van der Waals surface area (Å²) in [6, 6.07) is 13.6. The van der Waals surface area contributed by atoms with Crippen molar-refractivity contribution >= 4 is 35.0 Å². The van der Waals surface area contributed by atoms with E-state index in [0.29, 0.717) is 29.5 Å². The predicted octanol–water partition coefficient (Wildman–Crippen LogP) is 4.89. The first kappa shape index (κ1) is 25.7. The summed E-state index contributed by atoms with van der Waals surface area (Å²) in [5, 5.41) is 16.4. The van der Waals surface area contributed by atoms with Crippen molar-refractivity contribution in [2.75, 3.05) is 17.3 Å². The number of nitro benzene ring substituents is 1. The van der Waals surface area contributed by atoms with E-state index in [2.05, 4.69) is 15.6 Å². The first-order chi connectivity index (χ1) is 16.8. The molecule has 3 rings (SSSR count). The fraction of sp³-hybridized carbons (Fsp3) is 0.240. The Balaban J connectivity index is 1.66. The van der Waals surface area contributed by atoms with Crippen molar-refractivity contribution in [2.45, 2.75) is 26.3 Å². The maximum Gasteiger partial charge on any atom is 0.270 e. The van der Waals surface area contributed by atoms with Crippen molar-refractivity contribution < 1.29 is 19.2 Å². The molecule has 35 heavy (non-hydrogen) atoms. The van der Waals surface area contributed by atoms with Gasteiger partial charge in [0, 0.05) is 23.8 Å². The van der Waals surface area contributed by atoms with Gasteiger partial charge in [0.2, 0.25) is 11.8 Å². The minimum atomic E-state index is -0.833. The predicted molar refractivity (Wildman–Crippen MR) is 136 cm³/mol. The van der Waals surface area contributed by atoms with Gasteiger partial charge in [-0.05, 0) is 67.7 Å². The van der Waals surface area contributed by atoms with Crippen LogP contribution in [0.1, 0.15) is 27.9 Å². The van der Waals surface area contributed by atoms with E-state index in [9.17, 15) is 19.7 Å². The quantitative estimate of drug-likeness (QED) is 0.304. The second kappa shape index (κ2) is 12.0. The minimum Gasteiger partial charge on any atom is -0.439 e. The lowest BCUT2D eigenvalue weighted by Crippen LogP contribution is -2.44. The molecule has 1 aromatic heterocycles. The van der Waals surface area contributed by atoms with Crippen LogP contribution in [0.2, 0.25) is 0 Å². The number of aromatic nitrogens is 1. The molecule has 0 aliphatic carbocycles. The first-order valence-electron chi connectivity index (χ1n) is 10.8. The van der Waals surface area contributed by atoms with Crippen molar-refractivity contribution in [1.82, 2.24) is 10.3 Å². The van der Waals surface area contributed by atoms with Gasteiger partial charge in [-0.3, -0.25) is 19.7 Å². The number of non-ortho nitro benzene ring substituents is 1. The number of hydrogen-bond acceptors (Lipinski definition) is 7. The van der Waals surface area contributed by atoms with Gasteiger partial charge in [0.1, 0.15) is 11.8 Å². The van der Waals surface area contributed by atoms with Gasteiger partial charge < -0.3 is 15.4 Å². The molecule has 1 unspecified atom stereocenters. The molecule has 1 atom stereocenters. The summed E-state index contributed by atoms with van der Waals surface area (Å²) >= 11 is 1.54. The monoisotopic (exact) mass is 494 g/mol. The van der Waals surface area contributed by atoms with Gasteiger partial charge in [-0.2, -0.15) is 11.8 Å². The fourth-order valence-electron chi connectivity index (χ4n) is 3.15. The number of thioether (sulfide) groups is 1. The maximum atomic E-state index is 12.9. The zero-order chi connectivity index (χ0) is 25.4. The van der Waals surface area contributed by atoms with Crippen LogP contribution in [0.25, 0.3) is 0 Å². The molecule has 2 amide bonds. The number of anilines is 1. The van der Waals surface area contributed by atoms with Gasteiger partial charge in [-0.1, -0.05) is 12.1 Å². The summed E-state index contributed by atoms with van der Waals surface area (Å²) in [5.41, 5.74) is 2.63. The summed E-state index contributed by atoms with van der Waals surface area (Å²) < 4.78 is 5.77. The van der Waals surface area contributed by atoms with E-state index in [0.717, 1.165) is 11.1 Å². The SMILES string of the molecule is CSCCC(NC(=O)c1cccc([N+](=O)[O-])c1)C(=O)Nc1ccc(Oc2ccc(C)c(C)c2)nc1. The molecule has 0 aliphatic rings. The lowest BCUT2D eigenvalue weighted by atomic mass is 10.1. The van der Waals surface area contributed by atoms with E-state index in [1.165, 1.54) is 42.2 Å². The highest BCUT2D eigenvalue weighted by Crippen LogP contribution is 2.23. The van der Waals surface area contributed by atoms with Crippen LogP contribution in [0, 0.1) is 24.0 Å². The molecule has 10 heteroatoms. The Morgan fingerprint density at radius 1 is 1.11 bits per heavy atom. The number of amides is 2. The van der Waals surface area contributed by atoms with E-state index in [-0.39, 0.29) is 11.3 Å². The van der Waals surface area contributed by atoms with Gasteiger partial charge in [-0.25, -0.2) is 4.98 Å². The van der Waals surface area contributed by atoms with E-state index < -0.39 is 22.8 Å². The van der Waals surface area contributed by atoms with Gasteiger partial charge in [0.05, 0.1) is 16.8 Å². The molecule has 0 radical (unpaired) electrons. The molecular formula is C25H26N4O5S. The number of nitro groups is 1. The number of aryl methyl sites for hydroxylation is 2. The number of carbonyl (C=O) groups is 2. The van der Waals surface area contributed by atoms with Crippen molar-refractivity contribution in [3.8, 4) is 11.6 Å². The normalized spacial score (nSPS) is 11.4. The van der Waals surface area contributed by atoms with Crippen LogP contribution in [0.3, 0.4) is 0 Å². The van der Waals surface area contributed by atoms with E-state index >= 15 is 0 Å². The number of nitrogens with zero attached hydrogens (tertiary/aromatic N) is 2. The third-order valence-electron chi connectivity index (χ3n) is 5.26. The average molecular weight is 495 g/mol. The maximum absolute atomic E-state index is 12.9. The van der Waals surface area contributed by atoms with Crippen LogP contribution in [0.5, 0.6) is 11.6 Å². The Kier molecular flexibility index (Phi) is 8.80. The number of benzene rings is 2. The van der Waals surface area contributed by atoms with Gasteiger partial charge in [-0.15, -0.1) is 0 Å². The topological polar surface area (TPSA) is 123 Å². The summed E-state index contributed by atoms with van der Waals surface area (Å²) in [6.45, 7) is 4.02. The van der Waals surface area contributed by atoms with Gasteiger partial charge in [0.15, 0.2) is 0 Å². The van der Waals surface area contributed by atoms with Crippen molar-refractivity contribution in [2.24, 2.45) is 0 Å². The molecule has 182 valence electrons. The van der Waals surface area contributed by atoms with Crippen molar-refractivity contribution in [3.05, 3.63) is 87.6 Å². The van der Waals surface area contributed by atoms with E-state index in [4.69, 9.17) is 4.74 Å². The summed E-state index contributed by atoms with van der Waals surface area (Å²) in [4.78, 5) is 40.2. The second-order valence-corrected chi connectivity index (χ2v) is 8.82.